The Hall–Kier alpha value is -0.370. The van der Waals surface area contributed by atoms with E-state index < -0.39 is 12.8 Å². The zero-order valence-electron chi connectivity index (χ0n) is 10.2. The van der Waals surface area contributed by atoms with Crippen molar-refractivity contribution in [2.24, 2.45) is 0 Å². The Bertz CT molecular complexity index is 205. The highest BCUT2D eigenvalue weighted by Gasteiger charge is 2.27. The van der Waals surface area contributed by atoms with E-state index in [0.717, 1.165) is 25.9 Å². The Morgan fingerprint density at radius 2 is 1.72 bits per heavy atom. The Morgan fingerprint density at radius 1 is 1.00 bits per heavy atom. The van der Waals surface area contributed by atoms with Crippen LogP contribution in [0.1, 0.15) is 19.3 Å². The molecule has 1 saturated heterocycles. The van der Waals surface area contributed by atoms with Gasteiger partial charge in [-0.2, -0.15) is 13.2 Å². The van der Waals surface area contributed by atoms with Crippen LogP contribution in [-0.4, -0.2) is 52.1 Å². The Labute approximate surface area is 104 Å². The smallest absolute Gasteiger partial charge is 0.377 e. The van der Waals surface area contributed by atoms with Gasteiger partial charge in [0.25, 0.3) is 0 Å². The predicted octanol–water partition coefficient (Wildman–Crippen LogP) is 2.13. The molecule has 0 aromatic rings. The number of ether oxygens (including phenoxy) is 4. The van der Waals surface area contributed by atoms with Crippen molar-refractivity contribution in [3.63, 3.8) is 0 Å². The van der Waals surface area contributed by atoms with Gasteiger partial charge >= 0.3 is 6.18 Å². The van der Waals surface area contributed by atoms with Crippen molar-refractivity contribution in [1.29, 1.82) is 0 Å². The minimum absolute atomic E-state index is 0.0700. The van der Waals surface area contributed by atoms with Crippen molar-refractivity contribution in [3.8, 4) is 0 Å². The van der Waals surface area contributed by atoms with E-state index in [0.29, 0.717) is 13.2 Å². The van der Waals surface area contributed by atoms with Gasteiger partial charge in [-0.25, -0.2) is 0 Å². The van der Waals surface area contributed by atoms with Crippen LogP contribution in [0.3, 0.4) is 0 Å². The molecule has 1 aliphatic heterocycles. The molecule has 0 aliphatic carbocycles. The molecule has 0 radical (unpaired) electrons. The summed E-state index contributed by atoms with van der Waals surface area (Å²) < 4.78 is 55.2. The van der Waals surface area contributed by atoms with E-state index in [1.54, 1.807) is 0 Å². The van der Waals surface area contributed by atoms with Gasteiger partial charge in [-0.1, -0.05) is 0 Å². The highest BCUT2D eigenvalue weighted by molar-refractivity contribution is 4.53. The minimum atomic E-state index is -4.28. The standard InChI is InChI=1S/C11H19F3O4/c12-11(13,14)9-16-6-5-15-7-8-18-10-3-1-2-4-17-10/h10H,1-9H2. The predicted molar refractivity (Wildman–Crippen MR) is 57.2 cm³/mol. The molecule has 18 heavy (non-hydrogen) atoms. The zero-order valence-corrected chi connectivity index (χ0v) is 10.2. The highest BCUT2D eigenvalue weighted by atomic mass is 19.4. The van der Waals surface area contributed by atoms with Gasteiger partial charge in [-0.3, -0.25) is 0 Å². The van der Waals surface area contributed by atoms with Crippen LogP contribution in [0.15, 0.2) is 0 Å². The monoisotopic (exact) mass is 272 g/mol. The molecular weight excluding hydrogens is 253 g/mol. The van der Waals surface area contributed by atoms with E-state index >= 15 is 0 Å². The van der Waals surface area contributed by atoms with E-state index in [4.69, 9.17) is 14.2 Å². The molecule has 0 amide bonds. The second-order valence-corrected chi connectivity index (χ2v) is 3.95. The summed E-state index contributed by atoms with van der Waals surface area (Å²) in [6.45, 7) is 0.253. The van der Waals surface area contributed by atoms with E-state index in [2.05, 4.69) is 4.74 Å². The van der Waals surface area contributed by atoms with Crippen molar-refractivity contribution in [2.45, 2.75) is 31.7 Å². The fourth-order valence-corrected chi connectivity index (χ4v) is 1.49. The highest BCUT2D eigenvalue weighted by Crippen LogP contribution is 2.14. The van der Waals surface area contributed by atoms with Crippen molar-refractivity contribution in [1.82, 2.24) is 0 Å². The van der Waals surface area contributed by atoms with E-state index in [-0.39, 0.29) is 19.5 Å². The van der Waals surface area contributed by atoms with Crippen LogP contribution in [0.4, 0.5) is 13.2 Å². The zero-order chi connectivity index (χ0) is 13.3. The second-order valence-electron chi connectivity index (χ2n) is 3.95. The fourth-order valence-electron chi connectivity index (χ4n) is 1.49. The number of halogens is 3. The van der Waals surface area contributed by atoms with E-state index in [1.165, 1.54) is 0 Å². The van der Waals surface area contributed by atoms with Crippen LogP contribution in [0.5, 0.6) is 0 Å². The quantitative estimate of drug-likeness (QED) is 0.634. The number of alkyl halides is 3. The molecule has 0 saturated carbocycles. The first kappa shape index (κ1) is 15.7. The summed E-state index contributed by atoms with van der Waals surface area (Å²) >= 11 is 0. The van der Waals surface area contributed by atoms with Gasteiger partial charge in [0, 0.05) is 6.61 Å². The molecule has 1 atom stereocenters. The average Bonchev–Trinajstić information content (AvgIpc) is 2.32. The Morgan fingerprint density at radius 3 is 2.39 bits per heavy atom. The lowest BCUT2D eigenvalue weighted by atomic mass is 10.2. The molecule has 4 nitrogen and oxygen atoms in total. The minimum Gasteiger partial charge on any atom is -0.377 e. The summed E-state index contributed by atoms with van der Waals surface area (Å²) in [4.78, 5) is 0. The van der Waals surface area contributed by atoms with Crippen molar-refractivity contribution < 1.29 is 32.1 Å². The SMILES string of the molecule is FC(F)(F)COCCOCCOC1CCCCO1. The molecule has 1 rings (SSSR count). The fraction of sp³-hybridized carbons (Fsp3) is 1.00. The van der Waals surface area contributed by atoms with Crippen molar-refractivity contribution in [2.75, 3.05) is 39.6 Å². The van der Waals surface area contributed by atoms with Crippen LogP contribution < -0.4 is 0 Å². The third kappa shape index (κ3) is 8.68. The number of hydrogen-bond acceptors (Lipinski definition) is 4. The van der Waals surface area contributed by atoms with Gasteiger partial charge in [-0.05, 0) is 19.3 Å². The van der Waals surface area contributed by atoms with Crippen LogP contribution in [0, 0.1) is 0 Å². The Balaban J connectivity index is 1.81. The summed E-state index contributed by atoms with van der Waals surface area (Å²) in [5, 5.41) is 0. The van der Waals surface area contributed by atoms with Crippen LogP contribution >= 0.6 is 0 Å². The topological polar surface area (TPSA) is 36.9 Å². The molecule has 0 aromatic heterocycles. The van der Waals surface area contributed by atoms with Gasteiger partial charge in [0.1, 0.15) is 6.61 Å². The number of rotatable bonds is 8. The maximum atomic E-state index is 11.7. The second kappa shape index (κ2) is 8.68. The molecule has 1 unspecified atom stereocenters. The van der Waals surface area contributed by atoms with Crippen LogP contribution in [-0.2, 0) is 18.9 Å². The van der Waals surface area contributed by atoms with E-state index in [9.17, 15) is 13.2 Å². The average molecular weight is 272 g/mol. The maximum absolute atomic E-state index is 11.7. The summed E-state index contributed by atoms with van der Waals surface area (Å²) in [5.74, 6) is 0. The molecule has 0 bridgehead atoms. The Kier molecular flexibility index (Phi) is 7.57. The lowest BCUT2D eigenvalue weighted by Gasteiger charge is -2.22. The van der Waals surface area contributed by atoms with Crippen molar-refractivity contribution in [3.05, 3.63) is 0 Å². The molecule has 0 spiro atoms. The summed E-state index contributed by atoms with van der Waals surface area (Å²) in [7, 11) is 0. The lowest BCUT2D eigenvalue weighted by Crippen LogP contribution is -2.24. The molecule has 0 N–H and O–H groups in total. The molecule has 1 aliphatic rings. The van der Waals surface area contributed by atoms with E-state index in [1.807, 2.05) is 0 Å². The molecule has 7 heteroatoms. The van der Waals surface area contributed by atoms with Gasteiger partial charge in [0.15, 0.2) is 6.29 Å². The summed E-state index contributed by atoms with van der Waals surface area (Å²) in [6.07, 6.45) is -1.40. The summed E-state index contributed by atoms with van der Waals surface area (Å²) in [5.41, 5.74) is 0. The molecule has 1 fully saturated rings. The van der Waals surface area contributed by atoms with Gasteiger partial charge in [0.2, 0.25) is 0 Å². The van der Waals surface area contributed by atoms with Crippen LogP contribution in [0.2, 0.25) is 0 Å². The first-order valence-corrected chi connectivity index (χ1v) is 6.03. The first-order valence-electron chi connectivity index (χ1n) is 6.03. The van der Waals surface area contributed by atoms with Gasteiger partial charge < -0.3 is 18.9 Å². The lowest BCUT2D eigenvalue weighted by molar-refractivity contribution is -0.180. The van der Waals surface area contributed by atoms with Crippen molar-refractivity contribution >= 4 is 0 Å². The third-order valence-electron chi connectivity index (χ3n) is 2.31. The normalized spacial score (nSPS) is 21.2. The molecule has 0 aromatic carbocycles. The molecule has 108 valence electrons. The number of hydrogen-bond donors (Lipinski definition) is 0. The maximum Gasteiger partial charge on any atom is 0.411 e. The van der Waals surface area contributed by atoms with Gasteiger partial charge in [0.05, 0.1) is 26.4 Å². The molecule has 1 heterocycles. The third-order valence-corrected chi connectivity index (χ3v) is 2.31. The van der Waals surface area contributed by atoms with Gasteiger partial charge in [-0.15, -0.1) is 0 Å². The summed E-state index contributed by atoms with van der Waals surface area (Å²) in [6, 6.07) is 0. The largest absolute Gasteiger partial charge is 0.411 e. The first-order chi connectivity index (χ1) is 8.58. The molecular formula is C11H19F3O4. The van der Waals surface area contributed by atoms with Crippen LogP contribution in [0.25, 0.3) is 0 Å².